The standard InChI is InChI=1S/C11H11FN4O/c1-7-8(2)15-17-11(7)14-16-13-10-5-3-9(12)4-6-10/h3-6H,1-2H3,(H,13,14). The first-order chi connectivity index (χ1) is 8.16. The van der Waals surface area contributed by atoms with Gasteiger partial charge in [0.1, 0.15) is 5.82 Å². The number of rotatable bonds is 3. The summed E-state index contributed by atoms with van der Waals surface area (Å²) < 4.78 is 17.6. The summed E-state index contributed by atoms with van der Waals surface area (Å²) in [5, 5.41) is 11.3. The number of hydrogen-bond acceptors (Lipinski definition) is 4. The van der Waals surface area contributed by atoms with Crippen LogP contribution in [-0.4, -0.2) is 5.16 Å². The van der Waals surface area contributed by atoms with E-state index < -0.39 is 0 Å². The van der Waals surface area contributed by atoms with Crippen LogP contribution in [0.4, 0.5) is 16.0 Å². The van der Waals surface area contributed by atoms with Crippen LogP contribution in [0.3, 0.4) is 0 Å². The van der Waals surface area contributed by atoms with Gasteiger partial charge in [-0.25, -0.2) is 4.39 Å². The number of aromatic nitrogens is 1. The van der Waals surface area contributed by atoms with E-state index in [0.717, 1.165) is 11.3 Å². The molecule has 0 atom stereocenters. The van der Waals surface area contributed by atoms with E-state index >= 15 is 0 Å². The van der Waals surface area contributed by atoms with Crippen molar-refractivity contribution in [3.8, 4) is 0 Å². The molecule has 1 aromatic heterocycles. The number of hydrogen-bond donors (Lipinski definition) is 1. The van der Waals surface area contributed by atoms with Gasteiger partial charge < -0.3 is 4.52 Å². The Morgan fingerprint density at radius 3 is 2.53 bits per heavy atom. The maximum atomic E-state index is 12.6. The highest BCUT2D eigenvalue weighted by Crippen LogP contribution is 2.21. The predicted molar refractivity (Wildman–Crippen MR) is 60.5 cm³/mol. The molecule has 1 heterocycles. The lowest BCUT2D eigenvalue weighted by molar-refractivity contribution is 0.422. The van der Waals surface area contributed by atoms with Gasteiger partial charge in [0.15, 0.2) is 0 Å². The van der Waals surface area contributed by atoms with E-state index in [4.69, 9.17) is 4.52 Å². The number of anilines is 1. The van der Waals surface area contributed by atoms with Gasteiger partial charge in [-0.2, -0.15) is 0 Å². The normalized spacial score (nSPS) is 11.0. The van der Waals surface area contributed by atoms with E-state index in [1.165, 1.54) is 12.1 Å². The van der Waals surface area contributed by atoms with Crippen molar-refractivity contribution in [3.63, 3.8) is 0 Å². The summed E-state index contributed by atoms with van der Waals surface area (Å²) in [4.78, 5) is 0. The molecule has 0 aliphatic rings. The molecule has 0 radical (unpaired) electrons. The molecule has 0 unspecified atom stereocenters. The van der Waals surface area contributed by atoms with Crippen molar-refractivity contribution >= 4 is 11.6 Å². The van der Waals surface area contributed by atoms with E-state index in [-0.39, 0.29) is 5.82 Å². The summed E-state index contributed by atoms with van der Waals surface area (Å²) in [7, 11) is 0. The highest BCUT2D eigenvalue weighted by molar-refractivity contribution is 5.42. The summed E-state index contributed by atoms with van der Waals surface area (Å²) in [5.74, 6) is 0.0614. The molecule has 1 aromatic carbocycles. The van der Waals surface area contributed by atoms with Gasteiger partial charge in [-0.15, -0.1) is 0 Å². The molecule has 5 nitrogen and oxygen atoms in total. The maximum absolute atomic E-state index is 12.6. The summed E-state index contributed by atoms with van der Waals surface area (Å²) in [5.41, 5.74) is 4.92. The van der Waals surface area contributed by atoms with Crippen LogP contribution in [0, 0.1) is 19.7 Å². The number of benzene rings is 1. The van der Waals surface area contributed by atoms with E-state index in [0.29, 0.717) is 11.6 Å². The first-order valence-electron chi connectivity index (χ1n) is 5.02. The molecule has 17 heavy (non-hydrogen) atoms. The third kappa shape index (κ3) is 2.66. The minimum Gasteiger partial charge on any atom is -0.334 e. The van der Waals surface area contributed by atoms with Crippen LogP contribution in [-0.2, 0) is 0 Å². The third-order valence-electron chi connectivity index (χ3n) is 2.30. The molecule has 0 saturated heterocycles. The van der Waals surface area contributed by atoms with Crippen LogP contribution in [0.15, 0.2) is 39.1 Å². The first-order valence-corrected chi connectivity index (χ1v) is 5.02. The molecule has 1 N–H and O–H groups in total. The molecular formula is C11H11FN4O. The van der Waals surface area contributed by atoms with Crippen LogP contribution < -0.4 is 5.43 Å². The lowest BCUT2D eigenvalue weighted by atomic mass is 10.3. The zero-order chi connectivity index (χ0) is 12.3. The van der Waals surface area contributed by atoms with Crippen molar-refractivity contribution in [1.82, 2.24) is 5.16 Å². The summed E-state index contributed by atoms with van der Waals surface area (Å²) in [6.45, 7) is 3.67. The zero-order valence-electron chi connectivity index (χ0n) is 9.44. The van der Waals surface area contributed by atoms with Crippen molar-refractivity contribution in [2.45, 2.75) is 13.8 Å². The molecule has 0 bridgehead atoms. The lowest BCUT2D eigenvalue weighted by Gasteiger charge is -1.96. The molecule has 88 valence electrons. The van der Waals surface area contributed by atoms with Crippen molar-refractivity contribution in [3.05, 3.63) is 41.3 Å². The van der Waals surface area contributed by atoms with E-state index in [9.17, 15) is 4.39 Å². The Morgan fingerprint density at radius 2 is 1.94 bits per heavy atom. The minimum absolute atomic E-state index is 0.297. The average Bonchev–Trinajstić information content (AvgIpc) is 2.64. The Bertz CT molecular complexity index is 533. The molecule has 0 aliphatic heterocycles. The van der Waals surface area contributed by atoms with Gasteiger partial charge in [0, 0.05) is 5.56 Å². The quantitative estimate of drug-likeness (QED) is 0.652. The highest BCUT2D eigenvalue weighted by atomic mass is 19.1. The van der Waals surface area contributed by atoms with Gasteiger partial charge in [0.25, 0.3) is 5.88 Å². The summed E-state index contributed by atoms with van der Waals surface area (Å²) in [6, 6.07) is 5.79. The molecule has 2 rings (SSSR count). The third-order valence-corrected chi connectivity index (χ3v) is 2.30. The highest BCUT2D eigenvalue weighted by Gasteiger charge is 2.06. The van der Waals surface area contributed by atoms with Gasteiger partial charge in [-0.3, -0.25) is 5.43 Å². The molecule has 0 spiro atoms. The summed E-state index contributed by atoms with van der Waals surface area (Å²) in [6.07, 6.45) is 0. The molecule has 0 amide bonds. The van der Waals surface area contributed by atoms with Crippen LogP contribution in [0.1, 0.15) is 11.3 Å². The fraction of sp³-hybridized carbons (Fsp3) is 0.182. The van der Waals surface area contributed by atoms with Gasteiger partial charge in [-0.1, -0.05) is 15.5 Å². The van der Waals surface area contributed by atoms with Crippen molar-refractivity contribution < 1.29 is 8.91 Å². The average molecular weight is 234 g/mol. The van der Waals surface area contributed by atoms with Crippen LogP contribution >= 0.6 is 0 Å². The van der Waals surface area contributed by atoms with E-state index in [2.05, 4.69) is 20.9 Å². The van der Waals surface area contributed by atoms with Gasteiger partial charge in [0.05, 0.1) is 11.4 Å². The largest absolute Gasteiger partial charge is 0.334 e. The Morgan fingerprint density at radius 1 is 1.24 bits per heavy atom. The van der Waals surface area contributed by atoms with Gasteiger partial charge in [0.2, 0.25) is 0 Å². The monoisotopic (exact) mass is 234 g/mol. The Labute approximate surface area is 97.3 Å². The maximum Gasteiger partial charge on any atom is 0.274 e. The number of halogens is 1. The predicted octanol–water partition coefficient (Wildman–Crippen LogP) is 3.54. The minimum atomic E-state index is -0.297. The number of aryl methyl sites for hydroxylation is 1. The lowest BCUT2D eigenvalue weighted by Crippen LogP contribution is -1.86. The van der Waals surface area contributed by atoms with Gasteiger partial charge >= 0.3 is 0 Å². The SMILES string of the molecule is Cc1noc(N=NNc2ccc(F)cc2)c1C. The smallest absolute Gasteiger partial charge is 0.274 e. The second-order valence-corrected chi connectivity index (χ2v) is 3.52. The van der Waals surface area contributed by atoms with E-state index in [1.807, 2.05) is 13.8 Å². The zero-order valence-corrected chi connectivity index (χ0v) is 9.44. The Hall–Kier alpha value is -2.24. The molecule has 0 fully saturated rings. The topological polar surface area (TPSA) is 62.8 Å². The summed E-state index contributed by atoms with van der Waals surface area (Å²) >= 11 is 0. The fourth-order valence-corrected chi connectivity index (χ4v) is 1.15. The van der Waals surface area contributed by atoms with Crippen molar-refractivity contribution in [2.24, 2.45) is 10.3 Å². The van der Waals surface area contributed by atoms with Crippen LogP contribution in [0.5, 0.6) is 0 Å². The first kappa shape index (κ1) is 11.3. The molecule has 6 heteroatoms. The molecule has 0 saturated carbocycles. The van der Waals surface area contributed by atoms with Crippen LogP contribution in [0.25, 0.3) is 0 Å². The Kier molecular flexibility index (Phi) is 3.13. The van der Waals surface area contributed by atoms with Crippen molar-refractivity contribution in [1.29, 1.82) is 0 Å². The number of nitrogens with zero attached hydrogens (tertiary/aromatic N) is 3. The van der Waals surface area contributed by atoms with Gasteiger partial charge in [-0.05, 0) is 38.1 Å². The molecular weight excluding hydrogens is 223 g/mol. The molecule has 2 aromatic rings. The molecule has 0 aliphatic carbocycles. The van der Waals surface area contributed by atoms with E-state index in [1.54, 1.807) is 12.1 Å². The second-order valence-electron chi connectivity index (χ2n) is 3.52. The fourth-order valence-electron chi connectivity index (χ4n) is 1.15. The van der Waals surface area contributed by atoms with Crippen LogP contribution in [0.2, 0.25) is 0 Å². The van der Waals surface area contributed by atoms with Crippen molar-refractivity contribution in [2.75, 3.05) is 5.43 Å². The second kappa shape index (κ2) is 4.73. The Balaban J connectivity index is 2.03. The number of nitrogens with one attached hydrogen (secondary N) is 1.